The van der Waals surface area contributed by atoms with Crippen LogP contribution in [0.2, 0.25) is 5.02 Å². The zero-order chi connectivity index (χ0) is 22.5. The largest absolute Gasteiger partial charge is 0.482 e. The molecule has 3 aromatic rings. The minimum atomic E-state index is -0.338. The van der Waals surface area contributed by atoms with Crippen LogP contribution in [-0.4, -0.2) is 32.2 Å². The Kier molecular flexibility index (Phi) is 7.35. The number of Topliss-reactive ketones (excluding diaryl/α,β-unsaturated/α-hetero) is 1. The number of amides is 1. The number of halogens is 1. The lowest BCUT2D eigenvalue weighted by Crippen LogP contribution is -2.15. The van der Waals surface area contributed by atoms with Crippen LogP contribution in [0.25, 0.3) is 0 Å². The molecule has 0 radical (unpaired) electrons. The molecule has 1 unspecified atom stereocenters. The molecule has 0 saturated carbocycles. The highest BCUT2D eigenvalue weighted by atomic mass is 35.5. The Labute approximate surface area is 190 Å². The van der Waals surface area contributed by atoms with Gasteiger partial charge >= 0.3 is 0 Å². The van der Waals surface area contributed by atoms with Crippen molar-refractivity contribution in [2.75, 3.05) is 11.1 Å². The lowest BCUT2D eigenvalue weighted by Gasteiger charge is -2.16. The van der Waals surface area contributed by atoms with Crippen molar-refractivity contribution in [3.63, 3.8) is 0 Å². The van der Waals surface area contributed by atoms with E-state index in [0.717, 1.165) is 11.3 Å². The summed E-state index contributed by atoms with van der Waals surface area (Å²) >= 11 is 7.27. The zero-order valence-corrected chi connectivity index (χ0v) is 19.3. The normalized spacial score (nSPS) is 11.8. The van der Waals surface area contributed by atoms with Gasteiger partial charge in [0.15, 0.2) is 22.9 Å². The van der Waals surface area contributed by atoms with Crippen LogP contribution in [0.3, 0.4) is 0 Å². The van der Waals surface area contributed by atoms with Crippen LogP contribution in [-0.2, 0) is 11.8 Å². The van der Waals surface area contributed by atoms with Gasteiger partial charge in [0.2, 0.25) is 5.91 Å². The SMILES string of the molecule is CC(=O)c1cccc(NC(=O)CSc2nnc(C(C)Oc3ccc(Cl)cc3C)n2C)c1. The summed E-state index contributed by atoms with van der Waals surface area (Å²) in [6.45, 7) is 5.30. The van der Waals surface area contributed by atoms with E-state index in [9.17, 15) is 9.59 Å². The average Bonchev–Trinajstić information content (AvgIpc) is 3.09. The van der Waals surface area contributed by atoms with Crippen LogP contribution in [0.4, 0.5) is 5.69 Å². The Morgan fingerprint density at radius 2 is 2.00 bits per heavy atom. The highest BCUT2D eigenvalue weighted by molar-refractivity contribution is 7.99. The molecular weight excluding hydrogens is 436 g/mol. The summed E-state index contributed by atoms with van der Waals surface area (Å²) in [5.41, 5.74) is 2.06. The molecule has 0 aliphatic heterocycles. The number of thioether (sulfide) groups is 1. The number of hydrogen-bond acceptors (Lipinski definition) is 6. The molecular formula is C22H23ClN4O3S. The molecule has 0 aliphatic rings. The maximum absolute atomic E-state index is 12.3. The Bertz CT molecular complexity index is 1120. The number of nitrogens with one attached hydrogen (secondary N) is 1. The van der Waals surface area contributed by atoms with Crippen molar-refractivity contribution in [1.82, 2.24) is 14.8 Å². The topological polar surface area (TPSA) is 86.1 Å². The van der Waals surface area contributed by atoms with Crippen molar-refractivity contribution in [2.45, 2.75) is 32.0 Å². The average molecular weight is 459 g/mol. The summed E-state index contributed by atoms with van der Waals surface area (Å²) in [5, 5.41) is 12.5. The third-order valence-corrected chi connectivity index (χ3v) is 5.81. The lowest BCUT2D eigenvalue weighted by molar-refractivity contribution is -0.113. The molecule has 0 fully saturated rings. The highest BCUT2D eigenvalue weighted by Gasteiger charge is 2.19. The number of nitrogens with zero attached hydrogens (tertiary/aromatic N) is 3. The molecule has 0 saturated heterocycles. The van der Waals surface area contributed by atoms with E-state index in [1.54, 1.807) is 30.3 Å². The number of hydrogen-bond donors (Lipinski definition) is 1. The molecule has 0 aliphatic carbocycles. The monoisotopic (exact) mass is 458 g/mol. The number of ketones is 1. The predicted octanol–water partition coefficient (Wildman–Crippen LogP) is 4.85. The van der Waals surface area contributed by atoms with Crippen LogP contribution < -0.4 is 10.1 Å². The Morgan fingerprint density at radius 3 is 2.71 bits per heavy atom. The third kappa shape index (κ3) is 5.86. The van der Waals surface area contributed by atoms with Gasteiger partial charge in [0.05, 0.1) is 5.75 Å². The second-order valence-corrected chi connectivity index (χ2v) is 8.42. The second-order valence-electron chi connectivity index (χ2n) is 7.04. The molecule has 1 atom stereocenters. The van der Waals surface area contributed by atoms with Gasteiger partial charge in [-0.2, -0.15) is 0 Å². The summed E-state index contributed by atoms with van der Waals surface area (Å²) in [5.74, 6) is 1.27. The quantitative estimate of drug-likeness (QED) is 0.383. The van der Waals surface area contributed by atoms with Gasteiger partial charge < -0.3 is 14.6 Å². The van der Waals surface area contributed by atoms with Crippen LogP contribution in [0, 0.1) is 6.92 Å². The molecule has 31 heavy (non-hydrogen) atoms. The van der Waals surface area contributed by atoms with Gasteiger partial charge in [0.25, 0.3) is 0 Å². The number of benzene rings is 2. The molecule has 2 aromatic carbocycles. The summed E-state index contributed by atoms with van der Waals surface area (Å²) < 4.78 is 7.83. The second kappa shape index (κ2) is 9.98. The summed E-state index contributed by atoms with van der Waals surface area (Å²) in [4.78, 5) is 23.8. The number of carbonyl (C=O) groups is 2. The highest BCUT2D eigenvalue weighted by Crippen LogP contribution is 2.27. The van der Waals surface area contributed by atoms with Gasteiger partial charge in [-0.25, -0.2) is 0 Å². The van der Waals surface area contributed by atoms with Crippen molar-refractivity contribution in [3.8, 4) is 5.75 Å². The lowest BCUT2D eigenvalue weighted by atomic mass is 10.1. The van der Waals surface area contributed by atoms with Gasteiger partial charge in [-0.05, 0) is 56.7 Å². The molecule has 1 N–H and O–H groups in total. The van der Waals surface area contributed by atoms with E-state index in [1.807, 2.05) is 37.6 Å². The van der Waals surface area contributed by atoms with E-state index in [4.69, 9.17) is 16.3 Å². The van der Waals surface area contributed by atoms with Gasteiger partial charge in [-0.3, -0.25) is 9.59 Å². The van der Waals surface area contributed by atoms with Crippen molar-refractivity contribution in [2.24, 2.45) is 7.05 Å². The van der Waals surface area contributed by atoms with E-state index in [-0.39, 0.29) is 23.5 Å². The molecule has 162 valence electrons. The van der Waals surface area contributed by atoms with Gasteiger partial charge in [-0.1, -0.05) is 35.5 Å². The zero-order valence-electron chi connectivity index (χ0n) is 17.7. The Hall–Kier alpha value is -2.84. The van der Waals surface area contributed by atoms with Gasteiger partial charge in [-0.15, -0.1) is 10.2 Å². The molecule has 1 heterocycles. The predicted molar refractivity (Wildman–Crippen MR) is 122 cm³/mol. The standard InChI is InChI=1S/C22H23ClN4O3S/c1-13-10-17(23)8-9-19(13)30-15(3)21-25-26-22(27(21)4)31-12-20(29)24-18-7-5-6-16(11-18)14(2)28/h5-11,15H,12H2,1-4H3,(H,24,29). The van der Waals surface area contributed by atoms with Crippen LogP contribution in [0.5, 0.6) is 5.75 Å². The summed E-state index contributed by atoms with van der Waals surface area (Å²) in [7, 11) is 1.83. The third-order valence-electron chi connectivity index (χ3n) is 4.56. The van der Waals surface area contributed by atoms with E-state index < -0.39 is 0 Å². The number of aryl methyl sites for hydroxylation is 1. The van der Waals surface area contributed by atoms with E-state index in [1.165, 1.54) is 18.7 Å². The fourth-order valence-corrected chi connectivity index (χ4v) is 3.88. The van der Waals surface area contributed by atoms with Crippen molar-refractivity contribution >= 4 is 40.7 Å². The number of rotatable bonds is 8. The van der Waals surface area contributed by atoms with Crippen LogP contribution in [0.15, 0.2) is 47.6 Å². The maximum atomic E-state index is 12.3. The molecule has 3 rings (SSSR count). The van der Waals surface area contributed by atoms with E-state index >= 15 is 0 Å². The number of carbonyl (C=O) groups excluding carboxylic acids is 2. The molecule has 0 spiro atoms. The minimum Gasteiger partial charge on any atom is -0.482 e. The fourth-order valence-electron chi connectivity index (χ4n) is 2.94. The number of anilines is 1. The molecule has 0 bridgehead atoms. The molecule has 7 nitrogen and oxygen atoms in total. The first kappa shape index (κ1) is 22.8. The van der Waals surface area contributed by atoms with Crippen molar-refractivity contribution < 1.29 is 14.3 Å². The number of ether oxygens (including phenoxy) is 1. The van der Waals surface area contributed by atoms with E-state index in [2.05, 4.69) is 15.5 Å². The van der Waals surface area contributed by atoms with Gasteiger partial charge in [0.1, 0.15) is 5.75 Å². The summed E-state index contributed by atoms with van der Waals surface area (Å²) in [6.07, 6.45) is -0.338. The number of aromatic nitrogens is 3. The smallest absolute Gasteiger partial charge is 0.234 e. The Balaban J connectivity index is 1.60. The molecule has 9 heteroatoms. The first-order chi connectivity index (χ1) is 14.7. The molecule has 1 amide bonds. The van der Waals surface area contributed by atoms with Crippen LogP contribution in [0.1, 0.15) is 41.7 Å². The van der Waals surface area contributed by atoms with Crippen molar-refractivity contribution in [3.05, 3.63) is 64.4 Å². The first-order valence-corrected chi connectivity index (χ1v) is 11.0. The first-order valence-electron chi connectivity index (χ1n) is 9.60. The van der Waals surface area contributed by atoms with Gasteiger partial charge in [0, 0.05) is 23.3 Å². The maximum Gasteiger partial charge on any atom is 0.234 e. The van der Waals surface area contributed by atoms with E-state index in [0.29, 0.717) is 27.3 Å². The fraction of sp³-hybridized carbons (Fsp3) is 0.273. The molecule has 1 aromatic heterocycles. The minimum absolute atomic E-state index is 0.0535. The van der Waals surface area contributed by atoms with Crippen LogP contribution >= 0.6 is 23.4 Å². The van der Waals surface area contributed by atoms with Crippen molar-refractivity contribution in [1.29, 1.82) is 0 Å². The summed E-state index contributed by atoms with van der Waals surface area (Å²) in [6, 6.07) is 12.3. The Morgan fingerprint density at radius 1 is 1.23 bits per heavy atom.